The SMILES string of the molecule is CC1(CO)CC(O)C2(C)CCC3(C)C(=CCC4C5(C)CCC(O)C(C)(C)C5CCC43C)C2C1. The van der Waals surface area contributed by atoms with Crippen molar-refractivity contribution < 1.29 is 15.3 Å². The molecular formula is C30H50O3. The van der Waals surface area contributed by atoms with E-state index in [1.165, 1.54) is 19.3 Å². The molecule has 188 valence electrons. The predicted octanol–water partition coefficient (Wildman–Crippen LogP) is 6.11. The summed E-state index contributed by atoms with van der Waals surface area (Å²) in [5.74, 6) is 1.59. The zero-order valence-electron chi connectivity index (χ0n) is 22.4. The van der Waals surface area contributed by atoms with Crippen LogP contribution in [0.15, 0.2) is 11.6 Å². The fourth-order valence-electron chi connectivity index (χ4n) is 10.7. The van der Waals surface area contributed by atoms with Gasteiger partial charge in [-0.25, -0.2) is 0 Å². The lowest BCUT2D eigenvalue weighted by Gasteiger charge is -2.71. The van der Waals surface area contributed by atoms with Gasteiger partial charge in [0.15, 0.2) is 0 Å². The van der Waals surface area contributed by atoms with Crippen LogP contribution in [0.25, 0.3) is 0 Å². The second kappa shape index (κ2) is 7.10. The molecule has 33 heavy (non-hydrogen) atoms. The van der Waals surface area contributed by atoms with Crippen molar-refractivity contribution in [3.63, 3.8) is 0 Å². The molecule has 3 heteroatoms. The summed E-state index contributed by atoms with van der Waals surface area (Å²) in [6.07, 6.45) is 11.7. The van der Waals surface area contributed by atoms with Gasteiger partial charge in [0.25, 0.3) is 0 Å². The monoisotopic (exact) mass is 458 g/mol. The van der Waals surface area contributed by atoms with Gasteiger partial charge in [-0.05, 0) is 103 Å². The molecule has 0 aromatic rings. The number of aliphatic hydroxyl groups excluding tert-OH is 3. The Morgan fingerprint density at radius 1 is 0.788 bits per heavy atom. The Kier molecular flexibility index (Phi) is 5.23. The highest BCUT2D eigenvalue weighted by Crippen LogP contribution is 2.75. The quantitative estimate of drug-likeness (QED) is 0.415. The van der Waals surface area contributed by atoms with E-state index in [9.17, 15) is 15.3 Å². The first-order valence-corrected chi connectivity index (χ1v) is 13.9. The molecule has 10 atom stereocenters. The van der Waals surface area contributed by atoms with Gasteiger partial charge in [-0.1, -0.05) is 60.1 Å². The molecule has 0 amide bonds. The van der Waals surface area contributed by atoms with Gasteiger partial charge in [-0.2, -0.15) is 0 Å². The molecule has 0 saturated heterocycles. The lowest BCUT2D eigenvalue weighted by Crippen LogP contribution is -2.65. The van der Waals surface area contributed by atoms with Crippen LogP contribution >= 0.6 is 0 Å². The van der Waals surface area contributed by atoms with Gasteiger partial charge in [0.2, 0.25) is 0 Å². The zero-order chi connectivity index (χ0) is 24.2. The largest absolute Gasteiger partial charge is 0.396 e. The third-order valence-electron chi connectivity index (χ3n) is 13.4. The molecule has 4 saturated carbocycles. The van der Waals surface area contributed by atoms with Gasteiger partial charge in [0.1, 0.15) is 0 Å². The standard InChI is InChI=1S/C30H50O3/c1-25(2)21-10-13-30(7)22(28(21,5)12-11-23(25)32)9-8-19-20-16-26(3,18-31)17-24(33)27(20,4)14-15-29(19,30)6/h8,20-24,31-33H,9-18H2,1-7H3. The van der Waals surface area contributed by atoms with Crippen LogP contribution in [0.4, 0.5) is 0 Å². The molecule has 10 unspecified atom stereocenters. The summed E-state index contributed by atoms with van der Waals surface area (Å²) in [7, 11) is 0. The molecule has 0 bridgehead atoms. The summed E-state index contributed by atoms with van der Waals surface area (Å²) >= 11 is 0. The minimum absolute atomic E-state index is 0.0131. The zero-order valence-corrected chi connectivity index (χ0v) is 22.4. The first-order chi connectivity index (χ1) is 15.2. The average Bonchev–Trinajstić information content (AvgIpc) is 2.73. The van der Waals surface area contributed by atoms with Crippen LogP contribution in [0.5, 0.6) is 0 Å². The maximum atomic E-state index is 11.3. The van der Waals surface area contributed by atoms with E-state index in [1.807, 2.05) is 0 Å². The van der Waals surface area contributed by atoms with E-state index in [0.717, 1.165) is 38.5 Å². The Morgan fingerprint density at radius 2 is 1.48 bits per heavy atom. The first-order valence-electron chi connectivity index (χ1n) is 13.9. The number of hydrogen-bond acceptors (Lipinski definition) is 3. The van der Waals surface area contributed by atoms with Crippen molar-refractivity contribution in [2.24, 2.45) is 50.2 Å². The number of allylic oxidation sites excluding steroid dienone is 2. The average molecular weight is 459 g/mol. The Bertz CT molecular complexity index is 847. The van der Waals surface area contributed by atoms with Gasteiger partial charge in [0.05, 0.1) is 12.2 Å². The summed E-state index contributed by atoms with van der Waals surface area (Å²) in [5, 5.41) is 32.4. The van der Waals surface area contributed by atoms with Gasteiger partial charge in [-0.15, -0.1) is 0 Å². The van der Waals surface area contributed by atoms with E-state index in [4.69, 9.17) is 0 Å². The van der Waals surface area contributed by atoms with Crippen LogP contribution in [0.3, 0.4) is 0 Å². The van der Waals surface area contributed by atoms with E-state index < -0.39 is 0 Å². The Hall–Kier alpha value is -0.380. The fraction of sp³-hybridized carbons (Fsp3) is 0.933. The third kappa shape index (κ3) is 2.91. The van der Waals surface area contributed by atoms with Crippen LogP contribution in [0.1, 0.15) is 106 Å². The first kappa shape index (κ1) is 24.3. The lowest BCUT2D eigenvalue weighted by molar-refractivity contribution is -0.208. The number of hydrogen-bond donors (Lipinski definition) is 3. The van der Waals surface area contributed by atoms with E-state index >= 15 is 0 Å². The molecule has 0 spiro atoms. The Balaban J connectivity index is 1.58. The molecule has 4 fully saturated rings. The van der Waals surface area contributed by atoms with Crippen molar-refractivity contribution in [1.82, 2.24) is 0 Å². The van der Waals surface area contributed by atoms with Crippen molar-refractivity contribution in [3.8, 4) is 0 Å². The predicted molar refractivity (Wildman–Crippen MR) is 134 cm³/mol. The summed E-state index contributed by atoms with van der Waals surface area (Å²) < 4.78 is 0. The number of rotatable bonds is 1. The Morgan fingerprint density at radius 3 is 2.15 bits per heavy atom. The number of fused-ring (bicyclic) bond motifs is 7. The maximum Gasteiger partial charge on any atom is 0.0605 e. The van der Waals surface area contributed by atoms with Crippen LogP contribution in [-0.4, -0.2) is 34.1 Å². The van der Waals surface area contributed by atoms with E-state index in [0.29, 0.717) is 17.8 Å². The fourth-order valence-corrected chi connectivity index (χ4v) is 10.7. The van der Waals surface area contributed by atoms with Crippen molar-refractivity contribution in [1.29, 1.82) is 0 Å². The highest BCUT2D eigenvalue weighted by Gasteiger charge is 2.68. The van der Waals surface area contributed by atoms with Crippen molar-refractivity contribution in [2.75, 3.05) is 6.61 Å². The molecule has 0 aliphatic heterocycles. The maximum absolute atomic E-state index is 11.3. The second-order valence-corrected chi connectivity index (χ2v) is 15.1. The van der Waals surface area contributed by atoms with Crippen LogP contribution in [0, 0.1) is 50.2 Å². The topological polar surface area (TPSA) is 60.7 Å². The van der Waals surface area contributed by atoms with E-state index in [1.54, 1.807) is 5.57 Å². The summed E-state index contributed by atoms with van der Waals surface area (Å²) in [6, 6.07) is 0. The van der Waals surface area contributed by atoms with Gasteiger partial charge < -0.3 is 15.3 Å². The highest BCUT2D eigenvalue weighted by molar-refractivity contribution is 5.34. The molecule has 3 nitrogen and oxygen atoms in total. The second-order valence-electron chi connectivity index (χ2n) is 15.1. The number of aliphatic hydroxyl groups is 3. The van der Waals surface area contributed by atoms with Crippen molar-refractivity contribution >= 4 is 0 Å². The molecule has 5 aliphatic carbocycles. The minimum atomic E-state index is -0.335. The van der Waals surface area contributed by atoms with E-state index in [-0.39, 0.29) is 51.3 Å². The summed E-state index contributed by atoms with van der Waals surface area (Å²) in [4.78, 5) is 0. The molecule has 0 heterocycles. The summed E-state index contributed by atoms with van der Waals surface area (Å²) in [6.45, 7) is 17.0. The molecular weight excluding hydrogens is 408 g/mol. The van der Waals surface area contributed by atoms with E-state index in [2.05, 4.69) is 54.5 Å². The highest BCUT2D eigenvalue weighted by atomic mass is 16.3. The summed E-state index contributed by atoms with van der Waals surface area (Å²) in [5.41, 5.74) is 2.02. The lowest BCUT2D eigenvalue weighted by atomic mass is 9.33. The van der Waals surface area contributed by atoms with Crippen LogP contribution in [0.2, 0.25) is 0 Å². The van der Waals surface area contributed by atoms with Crippen LogP contribution in [-0.2, 0) is 0 Å². The van der Waals surface area contributed by atoms with Crippen molar-refractivity contribution in [3.05, 3.63) is 11.6 Å². The van der Waals surface area contributed by atoms with Crippen molar-refractivity contribution in [2.45, 2.75) is 118 Å². The van der Waals surface area contributed by atoms with Gasteiger partial charge in [-0.3, -0.25) is 0 Å². The molecule has 3 N–H and O–H groups in total. The molecule has 0 aromatic carbocycles. The normalized spacial score (nSPS) is 57.8. The molecule has 5 rings (SSSR count). The molecule has 5 aliphatic rings. The van der Waals surface area contributed by atoms with Gasteiger partial charge >= 0.3 is 0 Å². The van der Waals surface area contributed by atoms with Gasteiger partial charge in [0, 0.05) is 12.0 Å². The molecule has 0 radical (unpaired) electrons. The minimum Gasteiger partial charge on any atom is -0.396 e. The smallest absolute Gasteiger partial charge is 0.0605 e. The third-order valence-corrected chi connectivity index (χ3v) is 13.4. The molecule has 0 aromatic heterocycles. The van der Waals surface area contributed by atoms with Crippen LogP contribution < -0.4 is 0 Å². The Labute approximate surface area is 202 Å².